The zero-order valence-corrected chi connectivity index (χ0v) is 24.1. The van der Waals surface area contributed by atoms with Gasteiger partial charge in [0.2, 0.25) is 0 Å². The summed E-state index contributed by atoms with van der Waals surface area (Å²) in [6.07, 6.45) is 4.60. The number of nitrogens with zero attached hydrogens (tertiary/aromatic N) is 2. The molecule has 1 atom stereocenters. The van der Waals surface area contributed by atoms with Gasteiger partial charge in [-0.25, -0.2) is 14.2 Å². The molecule has 0 N–H and O–H groups in total. The number of benzene rings is 2. The predicted octanol–water partition coefficient (Wildman–Crippen LogP) is 5.80. The predicted molar refractivity (Wildman–Crippen MR) is 152 cm³/mol. The van der Waals surface area contributed by atoms with Crippen molar-refractivity contribution < 1.29 is 18.7 Å². The molecule has 0 saturated heterocycles. The molecular weight excluding hydrogens is 539 g/mol. The molecule has 0 bridgehead atoms. The first-order valence-corrected chi connectivity index (χ1v) is 14.3. The largest absolute Gasteiger partial charge is 0.494 e. The molecule has 1 unspecified atom stereocenters. The van der Waals surface area contributed by atoms with Gasteiger partial charge in [-0.1, -0.05) is 74.7 Å². The standard InChI is InChI=1S/C30H32ClFN2O4S/c1-5-6-7-15-37-21-13-11-20(12-14-21)27-26(29(36)38-17-18(2)3)19(4)33-30-34(27)28(35)25(39-30)16-22-23(31)9-8-10-24(22)32/h8-14,16,18,27H,5-7,15,17H2,1-4H3. The first-order chi connectivity index (χ1) is 18.7. The van der Waals surface area contributed by atoms with Crippen molar-refractivity contribution in [2.75, 3.05) is 13.2 Å². The van der Waals surface area contributed by atoms with Crippen LogP contribution in [-0.4, -0.2) is 23.8 Å². The van der Waals surface area contributed by atoms with Gasteiger partial charge < -0.3 is 9.47 Å². The number of thiazole rings is 1. The van der Waals surface area contributed by atoms with Gasteiger partial charge in [-0.05, 0) is 55.2 Å². The van der Waals surface area contributed by atoms with Crippen LogP contribution in [0.2, 0.25) is 5.02 Å². The molecule has 0 aliphatic carbocycles. The SMILES string of the molecule is CCCCCOc1ccc(C2C(C(=O)OCC(C)C)=C(C)N=c3sc(=Cc4c(F)cccc4Cl)c(=O)n32)cc1. The molecule has 9 heteroatoms. The topological polar surface area (TPSA) is 69.9 Å². The van der Waals surface area contributed by atoms with Gasteiger partial charge in [0.15, 0.2) is 4.80 Å². The van der Waals surface area contributed by atoms with Crippen molar-refractivity contribution in [3.8, 4) is 5.75 Å². The maximum absolute atomic E-state index is 14.5. The lowest BCUT2D eigenvalue weighted by Gasteiger charge is -2.25. The monoisotopic (exact) mass is 570 g/mol. The van der Waals surface area contributed by atoms with Crippen LogP contribution in [-0.2, 0) is 9.53 Å². The lowest BCUT2D eigenvalue weighted by molar-refractivity contribution is -0.140. The second-order valence-electron chi connectivity index (χ2n) is 9.83. The van der Waals surface area contributed by atoms with E-state index in [-0.39, 0.29) is 33.2 Å². The summed E-state index contributed by atoms with van der Waals surface area (Å²) in [5, 5.41) is 0.195. The second-order valence-corrected chi connectivity index (χ2v) is 11.3. The molecule has 2 heterocycles. The number of ether oxygens (including phenoxy) is 2. The quantitative estimate of drug-likeness (QED) is 0.228. The number of allylic oxidation sites excluding steroid dienone is 1. The zero-order valence-electron chi connectivity index (χ0n) is 22.5. The van der Waals surface area contributed by atoms with E-state index in [1.54, 1.807) is 13.0 Å². The van der Waals surface area contributed by atoms with Gasteiger partial charge >= 0.3 is 5.97 Å². The summed E-state index contributed by atoms with van der Waals surface area (Å²) >= 11 is 7.34. The average molecular weight is 571 g/mol. The summed E-state index contributed by atoms with van der Waals surface area (Å²) in [5.41, 5.74) is 1.18. The third-order valence-corrected chi connectivity index (χ3v) is 7.59. The van der Waals surface area contributed by atoms with Crippen molar-refractivity contribution in [2.24, 2.45) is 10.9 Å². The van der Waals surface area contributed by atoms with E-state index in [0.717, 1.165) is 30.6 Å². The Balaban J connectivity index is 1.81. The Morgan fingerprint density at radius 2 is 1.95 bits per heavy atom. The molecular formula is C30H32ClFN2O4S. The number of carbonyl (C=O) groups is 1. The van der Waals surface area contributed by atoms with E-state index >= 15 is 0 Å². The van der Waals surface area contributed by atoms with Crippen molar-refractivity contribution in [3.05, 3.63) is 95.4 Å². The molecule has 0 radical (unpaired) electrons. The highest BCUT2D eigenvalue weighted by molar-refractivity contribution is 7.07. The number of carbonyl (C=O) groups excluding carboxylic acids is 1. The molecule has 2 aromatic carbocycles. The molecule has 1 aliphatic rings. The highest BCUT2D eigenvalue weighted by Gasteiger charge is 2.33. The van der Waals surface area contributed by atoms with Gasteiger partial charge in [-0.15, -0.1) is 0 Å². The maximum atomic E-state index is 14.5. The van der Waals surface area contributed by atoms with Crippen molar-refractivity contribution in [2.45, 2.75) is 53.0 Å². The van der Waals surface area contributed by atoms with Gasteiger partial charge in [-0.3, -0.25) is 9.36 Å². The minimum atomic E-state index is -0.770. The minimum Gasteiger partial charge on any atom is -0.494 e. The molecule has 4 rings (SSSR count). The van der Waals surface area contributed by atoms with E-state index in [9.17, 15) is 14.0 Å². The number of fused-ring (bicyclic) bond motifs is 1. The Morgan fingerprint density at radius 1 is 1.21 bits per heavy atom. The Labute approximate surface area is 236 Å². The minimum absolute atomic E-state index is 0.123. The van der Waals surface area contributed by atoms with Gasteiger partial charge in [0.05, 0.1) is 40.1 Å². The van der Waals surface area contributed by atoms with Crippen molar-refractivity contribution in [1.29, 1.82) is 0 Å². The fourth-order valence-corrected chi connectivity index (χ4v) is 5.53. The van der Waals surface area contributed by atoms with Crippen LogP contribution in [0.3, 0.4) is 0 Å². The van der Waals surface area contributed by atoms with Crippen LogP contribution in [0.1, 0.15) is 64.1 Å². The summed E-state index contributed by atoms with van der Waals surface area (Å²) < 4.78 is 27.7. The number of esters is 1. The Hall–Kier alpha value is -3.23. The van der Waals surface area contributed by atoms with Crippen LogP contribution in [0.15, 0.2) is 63.5 Å². The molecule has 39 heavy (non-hydrogen) atoms. The summed E-state index contributed by atoms with van der Waals surface area (Å²) in [5.74, 6) is -0.208. The third-order valence-electron chi connectivity index (χ3n) is 6.28. The van der Waals surface area contributed by atoms with Gasteiger partial charge in [0.25, 0.3) is 5.56 Å². The summed E-state index contributed by atoms with van der Waals surface area (Å²) in [6, 6.07) is 11.0. The fraction of sp³-hybridized carbons (Fsp3) is 0.367. The second kappa shape index (κ2) is 12.7. The first-order valence-electron chi connectivity index (χ1n) is 13.1. The van der Waals surface area contributed by atoms with E-state index in [0.29, 0.717) is 28.4 Å². The van der Waals surface area contributed by atoms with Crippen molar-refractivity contribution in [3.63, 3.8) is 0 Å². The zero-order chi connectivity index (χ0) is 28.1. The van der Waals surface area contributed by atoms with E-state index < -0.39 is 23.4 Å². The Kier molecular flexibility index (Phi) is 9.40. The highest BCUT2D eigenvalue weighted by Crippen LogP contribution is 2.32. The normalized spacial score (nSPS) is 15.4. The van der Waals surface area contributed by atoms with Gasteiger partial charge in [0, 0.05) is 5.56 Å². The van der Waals surface area contributed by atoms with Crippen LogP contribution in [0.25, 0.3) is 6.08 Å². The Morgan fingerprint density at radius 3 is 2.62 bits per heavy atom. The Bertz CT molecular complexity index is 1540. The summed E-state index contributed by atoms with van der Waals surface area (Å²) in [6.45, 7) is 8.63. The number of rotatable bonds is 10. The number of aromatic nitrogens is 1. The van der Waals surface area contributed by atoms with E-state index in [1.165, 1.54) is 22.8 Å². The van der Waals surface area contributed by atoms with Crippen LogP contribution < -0.4 is 19.6 Å². The van der Waals surface area contributed by atoms with Crippen molar-refractivity contribution in [1.82, 2.24) is 4.57 Å². The van der Waals surface area contributed by atoms with Crippen LogP contribution in [0.5, 0.6) is 5.75 Å². The molecule has 0 fully saturated rings. The van der Waals surface area contributed by atoms with Crippen LogP contribution in [0, 0.1) is 11.7 Å². The third kappa shape index (κ3) is 6.50. The van der Waals surface area contributed by atoms with Gasteiger partial charge in [0.1, 0.15) is 11.6 Å². The molecule has 0 saturated carbocycles. The van der Waals surface area contributed by atoms with Crippen LogP contribution >= 0.6 is 22.9 Å². The van der Waals surface area contributed by atoms with Crippen molar-refractivity contribution >= 4 is 35.0 Å². The molecule has 1 aliphatic heterocycles. The highest BCUT2D eigenvalue weighted by atomic mass is 35.5. The maximum Gasteiger partial charge on any atom is 0.338 e. The number of hydrogen-bond acceptors (Lipinski definition) is 6. The lowest BCUT2D eigenvalue weighted by Crippen LogP contribution is -2.40. The first kappa shape index (κ1) is 28.8. The molecule has 1 aromatic heterocycles. The number of hydrogen-bond donors (Lipinski definition) is 0. The average Bonchev–Trinajstić information content (AvgIpc) is 3.21. The van der Waals surface area contributed by atoms with E-state index in [4.69, 9.17) is 21.1 Å². The molecule has 3 aromatic rings. The number of unbranched alkanes of at least 4 members (excludes halogenated alkanes) is 2. The summed E-state index contributed by atoms with van der Waals surface area (Å²) in [4.78, 5) is 32.1. The molecule has 0 amide bonds. The molecule has 0 spiro atoms. The van der Waals surface area contributed by atoms with Crippen LogP contribution in [0.4, 0.5) is 4.39 Å². The van der Waals surface area contributed by atoms with E-state index in [2.05, 4.69) is 11.9 Å². The fourth-order valence-electron chi connectivity index (χ4n) is 4.29. The summed E-state index contributed by atoms with van der Waals surface area (Å²) in [7, 11) is 0. The number of halogens is 2. The lowest BCUT2D eigenvalue weighted by atomic mass is 9.96. The van der Waals surface area contributed by atoms with E-state index in [1.807, 2.05) is 38.1 Å². The molecule has 206 valence electrons. The van der Waals surface area contributed by atoms with Gasteiger partial charge in [-0.2, -0.15) is 0 Å². The molecule has 6 nitrogen and oxygen atoms in total. The smallest absolute Gasteiger partial charge is 0.338 e.